The van der Waals surface area contributed by atoms with Crippen LogP contribution in [0.15, 0.2) is 0 Å². The zero-order chi connectivity index (χ0) is 12.2. The summed E-state index contributed by atoms with van der Waals surface area (Å²) in [6.45, 7) is 6.96. The lowest BCUT2D eigenvalue weighted by atomic mass is 9.71. The Morgan fingerprint density at radius 2 is 2.19 bits per heavy atom. The second kappa shape index (κ2) is 6.02. The van der Waals surface area contributed by atoms with Crippen molar-refractivity contribution in [3.63, 3.8) is 0 Å². The first-order valence-electron chi connectivity index (χ1n) is 6.82. The van der Waals surface area contributed by atoms with Crippen LogP contribution in [0.25, 0.3) is 0 Å². The highest BCUT2D eigenvalue weighted by molar-refractivity contribution is 4.98. The summed E-state index contributed by atoms with van der Waals surface area (Å²) in [4.78, 5) is 0. The number of rotatable bonds is 5. The summed E-state index contributed by atoms with van der Waals surface area (Å²) < 4.78 is 5.96. The molecule has 0 heterocycles. The molecule has 2 nitrogen and oxygen atoms in total. The number of hydrogen-bond donors (Lipinski definition) is 1. The van der Waals surface area contributed by atoms with E-state index in [1.807, 2.05) is 7.11 Å². The first-order valence-corrected chi connectivity index (χ1v) is 6.82. The first-order chi connectivity index (χ1) is 7.59. The minimum Gasteiger partial charge on any atom is -0.377 e. The molecule has 1 aliphatic carbocycles. The fraction of sp³-hybridized carbons (Fsp3) is 1.00. The quantitative estimate of drug-likeness (QED) is 0.778. The van der Waals surface area contributed by atoms with Crippen LogP contribution in [-0.4, -0.2) is 25.8 Å². The van der Waals surface area contributed by atoms with Crippen LogP contribution < -0.4 is 5.32 Å². The van der Waals surface area contributed by atoms with Crippen molar-refractivity contribution in [1.82, 2.24) is 5.32 Å². The lowest BCUT2D eigenvalue weighted by Gasteiger charge is -2.46. The third-order valence-corrected chi connectivity index (χ3v) is 4.49. The number of ether oxygens (including phenoxy) is 1. The minimum absolute atomic E-state index is 0.0713. The van der Waals surface area contributed by atoms with Crippen molar-refractivity contribution >= 4 is 0 Å². The second-order valence-electron chi connectivity index (χ2n) is 5.62. The topological polar surface area (TPSA) is 21.3 Å². The summed E-state index contributed by atoms with van der Waals surface area (Å²) in [6.07, 6.45) is 6.31. The predicted molar refractivity (Wildman–Crippen MR) is 69.7 cm³/mol. The van der Waals surface area contributed by atoms with Crippen molar-refractivity contribution < 1.29 is 4.74 Å². The molecule has 0 aromatic rings. The molecule has 16 heavy (non-hydrogen) atoms. The van der Waals surface area contributed by atoms with E-state index < -0.39 is 0 Å². The molecule has 0 aromatic carbocycles. The van der Waals surface area contributed by atoms with Crippen LogP contribution in [0.1, 0.15) is 52.9 Å². The lowest BCUT2D eigenvalue weighted by molar-refractivity contribution is -0.0895. The molecule has 0 saturated heterocycles. The van der Waals surface area contributed by atoms with Crippen LogP contribution >= 0.6 is 0 Å². The van der Waals surface area contributed by atoms with Gasteiger partial charge in [-0.3, -0.25) is 0 Å². The van der Waals surface area contributed by atoms with Gasteiger partial charge in [-0.15, -0.1) is 0 Å². The van der Waals surface area contributed by atoms with Crippen LogP contribution in [-0.2, 0) is 4.74 Å². The third kappa shape index (κ3) is 2.78. The second-order valence-corrected chi connectivity index (χ2v) is 5.62. The minimum atomic E-state index is 0.0713. The Bertz CT molecular complexity index is 207. The van der Waals surface area contributed by atoms with E-state index >= 15 is 0 Å². The molecule has 0 radical (unpaired) electrons. The van der Waals surface area contributed by atoms with Crippen molar-refractivity contribution in [2.45, 2.75) is 64.5 Å². The van der Waals surface area contributed by atoms with E-state index in [0.717, 1.165) is 5.92 Å². The van der Waals surface area contributed by atoms with Gasteiger partial charge in [0.25, 0.3) is 0 Å². The standard InChI is InChI=1S/C14H29NO/c1-6-12(3)13(15-4)14(16-5)9-7-8-11(2)10-14/h11-13,15H,6-10H2,1-5H3. The van der Waals surface area contributed by atoms with E-state index in [4.69, 9.17) is 4.74 Å². The first kappa shape index (κ1) is 14.0. The van der Waals surface area contributed by atoms with Crippen LogP contribution in [0.2, 0.25) is 0 Å². The number of nitrogens with one attached hydrogen (secondary N) is 1. The predicted octanol–water partition coefficient (Wildman–Crippen LogP) is 3.22. The summed E-state index contributed by atoms with van der Waals surface area (Å²) >= 11 is 0. The zero-order valence-electron chi connectivity index (χ0n) is 11.7. The van der Waals surface area contributed by atoms with Gasteiger partial charge in [0.2, 0.25) is 0 Å². The smallest absolute Gasteiger partial charge is 0.0836 e. The maximum Gasteiger partial charge on any atom is 0.0836 e. The van der Waals surface area contributed by atoms with E-state index in [0.29, 0.717) is 12.0 Å². The Kier molecular flexibility index (Phi) is 5.26. The summed E-state index contributed by atoms with van der Waals surface area (Å²) in [5.74, 6) is 1.48. The van der Waals surface area contributed by atoms with Gasteiger partial charge in [-0.05, 0) is 31.7 Å². The summed E-state index contributed by atoms with van der Waals surface area (Å²) in [7, 11) is 3.97. The summed E-state index contributed by atoms with van der Waals surface area (Å²) in [5, 5.41) is 3.51. The van der Waals surface area contributed by atoms with Gasteiger partial charge in [0.05, 0.1) is 5.60 Å². The maximum absolute atomic E-state index is 5.96. The molecule has 0 spiro atoms. The molecule has 0 amide bonds. The normalized spacial score (nSPS) is 34.7. The highest BCUT2D eigenvalue weighted by Gasteiger charge is 2.43. The van der Waals surface area contributed by atoms with Gasteiger partial charge < -0.3 is 10.1 Å². The van der Waals surface area contributed by atoms with E-state index in [2.05, 4.69) is 33.1 Å². The maximum atomic E-state index is 5.96. The Morgan fingerprint density at radius 1 is 1.50 bits per heavy atom. The van der Waals surface area contributed by atoms with Gasteiger partial charge in [0, 0.05) is 13.2 Å². The fourth-order valence-corrected chi connectivity index (χ4v) is 3.44. The lowest BCUT2D eigenvalue weighted by Crippen LogP contribution is -2.56. The van der Waals surface area contributed by atoms with Crippen LogP contribution in [0.3, 0.4) is 0 Å². The monoisotopic (exact) mass is 227 g/mol. The molecular weight excluding hydrogens is 198 g/mol. The molecule has 0 aromatic heterocycles. The van der Waals surface area contributed by atoms with Crippen molar-refractivity contribution in [1.29, 1.82) is 0 Å². The van der Waals surface area contributed by atoms with Gasteiger partial charge >= 0.3 is 0 Å². The summed E-state index contributed by atoms with van der Waals surface area (Å²) in [6, 6.07) is 0.491. The SMILES string of the molecule is CCC(C)C(NC)C1(OC)CCCC(C)C1. The molecule has 1 aliphatic rings. The molecule has 1 saturated carbocycles. The third-order valence-electron chi connectivity index (χ3n) is 4.49. The van der Waals surface area contributed by atoms with Gasteiger partial charge in [0.1, 0.15) is 0 Å². The van der Waals surface area contributed by atoms with Crippen molar-refractivity contribution in [3.8, 4) is 0 Å². The van der Waals surface area contributed by atoms with Crippen molar-refractivity contribution in [2.24, 2.45) is 11.8 Å². The molecule has 4 unspecified atom stereocenters. The molecule has 4 atom stereocenters. The van der Waals surface area contributed by atoms with E-state index in [-0.39, 0.29) is 5.60 Å². The molecular formula is C14H29NO. The number of methoxy groups -OCH3 is 1. The van der Waals surface area contributed by atoms with Gasteiger partial charge in [0.15, 0.2) is 0 Å². The average molecular weight is 227 g/mol. The highest BCUT2D eigenvalue weighted by Crippen LogP contribution is 2.39. The Balaban J connectivity index is 2.82. The fourth-order valence-electron chi connectivity index (χ4n) is 3.44. The Labute approximate surface area is 101 Å². The molecule has 1 rings (SSSR count). The van der Waals surface area contributed by atoms with Crippen LogP contribution in [0.5, 0.6) is 0 Å². The van der Waals surface area contributed by atoms with Crippen LogP contribution in [0, 0.1) is 11.8 Å². The molecule has 1 fully saturated rings. The Hall–Kier alpha value is -0.0800. The molecule has 1 N–H and O–H groups in total. The van der Waals surface area contributed by atoms with E-state index in [1.54, 1.807) is 0 Å². The largest absolute Gasteiger partial charge is 0.377 e. The highest BCUT2D eigenvalue weighted by atomic mass is 16.5. The summed E-state index contributed by atoms with van der Waals surface area (Å²) in [5.41, 5.74) is 0.0713. The number of hydrogen-bond acceptors (Lipinski definition) is 2. The van der Waals surface area contributed by atoms with Crippen LogP contribution in [0.4, 0.5) is 0 Å². The molecule has 0 bridgehead atoms. The molecule has 2 heteroatoms. The Morgan fingerprint density at radius 3 is 2.62 bits per heavy atom. The van der Waals surface area contributed by atoms with Crippen molar-refractivity contribution in [2.75, 3.05) is 14.2 Å². The molecule has 96 valence electrons. The number of likely N-dealkylation sites (N-methyl/N-ethyl adjacent to an activating group) is 1. The average Bonchev–Trinajstić information content (AvgIpc) is 2.29. The van der Waals surface area contributed by atoms with Gasteiger partial charge in [-0.25, -0.2) is 0 Å². The van der Waals surface area contributed by atoms with Crippen molar-refractivity contribution in [3.05, 3.63) is 0 Å². The van der Waals surface area contributed by atoms with Gasteiger partial charge in [-0.1, -0.05) is 40.0 Å². The molecule has 0 aliphatic heterocycles. The van der Waals surface area contributed by atoms with E-state index in [1.165, 1.54) is 32.1 Å². The van der Waals surface area contributed by atoms with Gasteiger partial charge in [-0.2, -0.15) is 0 Å². The zero-order valence-corrected chi connectivity index (χ0v) is 11.7. The van der Waals surface area contributed by atoms with E-state index in [9.17, 15) is 0 Å².